The Morgan fingerprint density at radius 2 is 1.45 bits per heavy atom. The van der Waals surface area contributed by atoms with Crippen molar-refractivity contribution >= 4 is 11.8 Å². The molecular weight excluding hydrogens is 256 g/mol. The number of carbonyl (C=O) groups is 2. The zero-order chi connectivity index (χ0) is 14.8. The van der Waals surface area contributed by atoms with E-state index < -0.39 is 0 Å². The highest BCUT2D eigenvalue weighted by Crippen LogP contribution is 2.14. The summed E-state index contributed by atoms with van der Waals surface area (Å²) in [7, 11) is 1.40. The Balaban J connectivity index is 2.08. The van der Waals surface area contributed by atoms with E-state index in [-0.39, 0.29) is 17.5 Å². The fourth-order valence-corrected chi connectivity index (χ4v) is 1.97. The maximum absolute atomic E-state index is 11.8. The van der Waals surface area contributed by atoms with Gasteiger partial charge in [-0.15, -0.1) is 0 Å². The molecule has 0 bridgehead atoms. The van der Waals surface area contributed by atoms with Gasteiger partial charge in [-0.3, -0.25) is 14.7 Å². The second-order valence-electron chi connectivity index (χ2n) is 4.79. The largest absolute Gasteiger partial charge is 0.469 e. The zero-order valence-electron chi connectivity index (χ0n) is 11.9. The summed E-state index contributed by atoms with van der Waals surface area (Å²) in [5.74, 6) is -0.159. The van der Waals surface area contributed by atoms with Crippen LogP contribution in [0.5, 0.6) is 5.75 Å². The van der Waals surface area contributed by atoms with Gasteiger partial charge in [0.2, 0.25) is 0 Å². The molecule has 0 fully saturated rings. The van der Waals surface area contributed by atoms with Crippen LogP contribution in [0.2, 0.25) is 0 Å². The number of hydrogen-bond donors (Lipinski definition) is 0. The fraction of sp³-hybridized carbons (Fsp3) is 0.500. The molecule has 0 atom stereocenters. The van der Waals surface area contributed by atoms with Crippen molar-refractivity contribution in [1.29, 1.82) is 0 Å². The van der Waals surface area contributed by atoms with Crippen molar-refractivity contribution in [2.75, 3.05) is 7.11 Å². The average molecular weight is 277 g/mol. The molecule has 109 valence electrons. The zero-order valence-corrected chi connectivity index (χ0v) is 11.9. The van der Waals surface area contributed by atoms with E-state index in [2.05, 4.69) is 4.74 Å². The van der Waals surface area contributed by atoms with E-state index in [0.717, 1.165) is 32.1 Å². The van der Waals surface area contributed by atoms with Crippen LogP contribution in [0.25, 0.3) is 0 Å². The van der Waals surface area contributed by atoms with E-state index in [1.807, 2.05) is 0 Å². The van der Waals surface area contributed by atoms with Crippen molar-refractivity contribution in [1.82, 2.24) is 0 Å². The normalized spacial score (nSPS) is 10.2. The molecule has 4 nitrogen and oxygen atoms in total. The van der Waals surface area contributed by atoms with Gasteiger partial charge in [0.15, 0.2) is 11.5 Å². The third-order valence-corrected chi connectivity index (χ3v) is 3.19. The summed E-state index contributed by atoms with van der Waals surface area (Å²) in [6.45, 7) is 0. The van der Waals surface area contributed by atoms with Crippen LogP contribution in [0, 0.1) is 0 Å². The van der Waals surface area contributed by atoms with Gasteiger partial charge in [0, 0.05) is 18.4 Å². The first-order valence-electron chi connectivity index (χ1n) is 7.00. The Morgan fingerprint density at radius 3 is 2.05 bits per heavy atom. The van der Waals surface area contributed by atoms with Gasteiger partial charge in [0.05, 0.1) is 7.11 Å². The van der Waals surface area contributed by atoms with Crippen LogP contribution in [0.4, 0.5) is 0 Å². The Kier molecular flexibility index (Phi) is 7.40. The van der Waals surface area contributed by atoms with Crippen molar-refractivity contribution in [3.05, 3.63) is 29.8 Å². The highest BCUT2D eigenvalue weighted by Gasteiger charge is 2.05. The van der Waals surface area contributed by atoms with Crippen LogP contribution in [0.3, 0.4) is 0 Å². The first-order chi connectivity index (χ1) is 9.63. The SMILES string of the molecule is COC(=O)CCCCCCCC(=O)c1ccc([O])cc1. The minimum absolute atomic E-state index is 0.0767. The van der Waals surface area contributed by atoms with Gasteiger partial charge in [-0.25, -0.2) is 0 Å². The molecule has 0 aliphatic heterocycles. The lowest BCUT2D eigenvalue weighted by molar-refractivity contribution is -0.140. The number of benzene rings is 1. The summed E-state index contributed by atoms with van der Waals surface area (Å²) in [5, 5.41) is 10.9. The van der Waals surface area contributed by atoms with Crippen molar-refractivity contribution < 1.29 is 19.4 Å². The van der Waals surface area contributed by atoms with Gasteiger partial charge >= 0.3 is 5.97 Å². The topological polar surface area (TPSA) is 63.3 Å². The van der Waals surface area contributed by atoms with Crippen LogP contribution in [-0.4, -0.2) is 18.9 Å². The third-order valence-electron chi connectivity index (χ3n) is 3.19. The Hall–Kier alpha value is -1.84. The van der Waals surface area contributed by atoms with Gasteiger partial charge in [0.25, 0.3) is 0 Å². The molecule has 0 aliphatic rings. The Labute approximate surface area is 119 Å². The van der Waals surface area contributed by atoms with Crippen molar-refractivity contribution in [2.45, 2.75) is 44.9 Å². The van der Waals surface area contributed by atoms with E-state index >= 15 is 0 Å². The van der Waals surface area contributed by atoms with Gasteiger partial charge in [-0.1, -0.05) is 19.3 Å². The van der Waals surface area contributed by atoms with E-state index in [1.54, 1.807) is 12.1 Å². The first kappa shape index (κ1) is 16.2. The summed E-state index contributed by atoms with van der Waals surface area (Å²) >= 11 is 0. The summed E-state index contributed by atoms with van der Waals surface area (Å²) in [5.41, 5.74) is 0.607. The predicted molar refractivity (Wildman–Crippen MR) is 75.2 cm³/mol. The maximum Gasteiger partial charge on any atom is 0.305 e. The summed E-state index contributed by atoms with van der Waals surface area (Å²) in [4.78, 5) is 22.7. The molecule has 0 N–H and O–H groups in total. The number of ether oxygens (including phenoxy) is 1. The Morgan fingerprint density at radius 1 is 0.900 bits per heavy atom. The lowest BCUT2D eigenvalue weighted by atomic mass is 10.0. The number of esters is 1. The Bertz CT molecular complexity index is 423. The number of ketones is 1. The molecule has 0 saturated carbocycles. The van der Waals surface area contributed by atoms with Gasteiger partial charge < -0.3 is 4.74 Å². The minimum atomic E-state index is -0.165. The molecule has 4 heteroatoms. The number of methoxy groups -OCH3 is 1. The molecule has 0 aliphatic carbocycles. The molecule has 1 aromatic carbocycles. The fourth-order valence-electron chi connectivity index (χ4n) is 1.97. The van der Waals surface area contributed by atoms with E-state index in [4.69, 9.17) is 0 Å². The molecule has 0 spiro atoms. The van der Waals surface area contributed by atoms with Crippen molar-refractivity contribution in [3.63, 3.8) is 0 Å². The molecule has 0 unspecified atom stereocenters. The molecule has 1 rings (SSSR count). The number of unbranched alkanes of at least 4 members (excludes halogenated alkanes) is 4. The molecule has 1 radical (unpaired) electrons. The molecule has 20 heavy (non-hydrogen) atoms. The summed E-state index contributed by atoms with van der Waals surface area (Å²) < 4.78 is 4.56. The van der Waals surface area contributed by atoms with Crippen LogP contribution < -0.4 is 0 Å². The van der Waals surface area contributed by atoms with Crippen LogP contribution in [-0.2, 0) is 14.6 Å². The standard InChI is InChI=1S/C16H21O4/c1-20-16(19)8-6-4-2-3-5-7-15(18)13-9-11-14(17)12-10-13/h9-12H,2-8H2,1H3. The monoisotopic (exact) mass is 277 g/mol. The van der Waals surface area contributed by atoms with E-state index in [9.17, 15) is 14.7 Å². The maximum atomic E-state index is 11.8. The van der Waals surface area contributed by atoms with Crippen molar-refractivity contribution in [2.24, 2.45) is 0 Å². The minimum Gasteiger partial charge on any atom is -0.469 e. The lowest BCUT2D eigenvalue weighted by Gasteiger charge is -2.02. The van der Waals surface area contributed by atoms with Crippen molar-refractivity contribution in [3.8, 4) is 5.75 Å². The highest BCUT2D eigenvalue weighted by molar-refractivity contribution is 5.96. The smallest absolute Gasteiger partial charge is 0.305 e. The molecule has 1 aromatic rings. The summed E-state index contributed by atoms with van der Waals surface area (Å²) in [6, 6.07) is 6.00. The second-order valence-corrected chi connectivity index (χ2v) is 4.79. The number of rotatable bonds is 9. The molecule has 0 saturated heterocycles. The van der Waals surface area contributed by atoms with Crippen LogP contribution in [0.15, 0.2) is 24.3 Å². The third kappa shape index (κ3) is 6.36. The number of Topliss-reactive ketones (excluding diaryl/α,β-unsaturated/α-hetero) is 1. The second kappa shape index (κ2) is 9.13. The highest BCUT2D eigenvalue weighted by atomic mass is 16.5. The van der Waals surface area contributed by atoms with E-state index in [0.29, 0.717) is 18.4 Å². The number of carbonyl (C=O) groups excluding carboxylic acids is 2. The van der Waals surface area contributed by atoms with Crippen LogP contribution >= 0.6 is 0 Å². The average Bonchev–Trinajstić information content (AvgIpc) is 2.46. The molecule has 0 amide bonds. The van der Waals surface area contributed by atoms with Gasteiger partial charge in [0.1, 0.15) is 0 Å². The first-order valence-corrected chi connectivity index (χ1v) is 7.00. The van der Waals surface area contributed by atoms with Gasteiger partial charge in [-0.2, -0.15) is 0 Å². The summed E-state index contributed by atoms with van der Waals surface area (Å²) in [6.07, 6.45) is 5.64. The number of hydrogen-bond acceptors (Lipinski definition) is 3. The quantitative estimate of drug-likeness (QED) is 0.390. The predicted octanol–water partition coefficient (Wildman–Crippen LogP) is 3.92. The molecule has 0 heterocycles. The van der Waals surface area contributed by atoms with Crippen LogP contribution in [0.1, 0.15) is 55.3 Å². The van der Waals surface area contributed by atoms with Gasteiger partial charge in [-0.05, 0) is 37.1 Å². The lowest BCUT2D eigenvalue weighted by Crippen LogP contribution is -1.99. The molecule has 0 aromatic heterocycles. The van der Waals surface area contributed by atoms with E-state index in [1.165, 1.54) is 19.2 Å². The molecular formula is C16H21O4.